The van der Waals surface area contributed by atoms with Crippen molar-refractivity contribution < 1.29 is 9.47 Å². The van der Waals surface area contributed by atoms with Crippen molar-refractivity contribution in [2.24, 2.45) is 5.92 Å². The molecule has 2 rings (SSSR count). The molecule has 0 radical (unpaired) electrons. The quantitative estimate of drug-likeness (QED) is 0.579. The van der Waals surface area contributed by atoms with E-state index in [9.17, 15) is 0 Å². The summed E-state index contributed by atoms with van der Waals surface area (Å²) in [6.07, 6.45) is 2.67. The van der Waals surface area contributed by atoms with Gasteiger partial charge in [-0.05, 0) is 31.7 Å². The third-order valence-electron chi connectivity index (χ3n) is 3.29. The maximum Gasteiger partial charge on any atom is 0.123 e. The van der Waals surface area contributed by atoms with Gasteiger partial charge in [0.05, 0.1) is 13.2 Å². The van der Waals surface area contributed by atoms with Gasteiger partial charge in [-0.1, -0.05) is 0 Å². The van der Waals surface area contributed by atoms with E-state index in [1.807, 2.05) is 32.2 Å². The molecular weight excluding hydrogens is 240 g/mol. The van der Waals surface area contributed by atoms with Gasteiger partial charge in [-0.2, -0.15) is 0 Å². The Balaban J connectivity index is 1.83. The van der Waals surface area contributed by atoms with Crippen LogP contribution in [-0.2, 0) is 4.74 Å². The summed E-state index contributed by atoms with van der Waals surface area (Å²) in [5.41, 5.74) is 7.69. The first-order valence-electron chi connectivity index (χ1n) is 7.01. The molecular formula is C15H24N2O2. The lowest BCUT2D eigenvalue weighted by atomic mass is 10.2. The van der Waals surface area contributed by atoms with E-state index in [2.05, 4.69) is 4.90 Å². The van der Waals surface area contributed by atoms with Crippen LogP contribution in [0.15, 0.2) is 18.2 Å². The van der Waals surface area contributed by atoms with Crippen LogP contribution in [0.3, 0.4) is 0 Å². The minimum Gasteiger partial charge on any atom is -0.494 e. The van der Waals surface area contributed by atoms with E-state index >= 15 is 0 Å². The fourth-order valence-electron chi connectivity index (χ4n) is 1.94. The smallest absolute Gasteiger partial charge is 0.123 e. The molecule has 1 aliphatic rings. The van der Waals surface area contributed by atoms with Crippen molar-refractivity contribution in [1.29, 1.82) is 0 Å². The van der Waals surface area contributed by atoms with E-state index < -0.39 is 0 Å². The molecule has 0 aliphatic heterocycles. The summed E-state index contributed by atoms with van der Waals surface area (Å²) in [7, 11) is 2.05. The number of likely N-dealkylation sites (N-methyl/N-ethyl adjacent to an activating group) is 1. The van der Waals surface area contributed by atoms with E-state index in [4.69, 9.17) is 15.2 Å². The van der Waals surface area contributed by atoms with Crippen LogP contribution in [0.4, 0.5) is 11.4 Å². The Labute approximate surface area is 115 Å². The molecule has 19 heavy (non-hydrogen) atoms. The van der Waals surface area contributed by atoms with Crippen LogP contribution in [0.25, 0.3) is 0 Å². The summed E-state index contributed by atoms with van der Waals surface area (Å²) in [4.78, 5) is 2.14. The van der Waals surface area contributed by atoms with Gasteiger partial charge < -0.3 is 20.1 Å². The van der Waals surface area contributed by atoms with Gasteiger partial charge >= 0.3 is 0 Å². The lowest BCUT2D eigenvalue weighted by molar-refractivity contribution is 0.131. The van der Waals surface area contributed by atoms with Gasteiger partial charge in [0.2, 0.25) is 0 Å². The molecule has 0 unspecified atom stereocenters. The number of benzene rings is 1. The minimum absolute atomic E-state index is 0.650. The Hall–Kier alpha value is -1.42. The number of nitrogen functional groups attached to an aromatic ring is 1. The average Bonchev–Trinajstić information content (AvgIpc) is 3.18. The maximum atomic E-state index is 5.89. The highest BCUT2D eigenvalue weighted by molar-refractivity contribution is 5.60. The van der Waals surface area contributed by atoms with Gasteiger partial charge in [-0.25, -0.2) is 0 Å². The van der Waals surface area contributed by atoms with Crippen molar-refractivity contribution in [1.82, 2.24) is 0 Å². The van der Waals surface area contributed by atoms with Crippen molar-refractivity contribution in [3.63, 3.8) is 0 Å². The van der Waals surface area contributed by atoms with Gasteiger partial charge in [-0.3, -0.25) is 0 Å². The first-order valence-corrected chi connectivity index (χ1v) is 7.01. The summed E-state index contributed by atoms with van der Waals surface area (Å²) in [6, 6.07) is 5.83. The van der Waals surface area contributed by atoms with Gasteiger partial charge in [-0.15, -0.1) is 0 Å². The molecule has 1 aromatic carbocycles. The summed E-state index contributed by atoms with van der Waals surface area (Å²) in [5.74, 6) is 1.64. The molecule has 0 bridgehead atoms. The van der Waals surface area contributed by atoms with Crippen LogP contribution in [0.2, 0.25) is 0 Å². The van der Waals surface area contributed by atoms with E-state index in [0.29, 0.717) is 6.61 Å². The third kappa shape index (κ3) is 4.63. The zero-order valence-electron chi connectivity index (χ0n) is 11.9. The van der Waals surface area contributed by atoms with Crippen LogP contribution in [0, 0.1) is 5.92 Å². The maximum absolute atomic E-state index is 5.89. The predicted octanol–water partition coefficient (Wildman–Crippen LogP) is 2.53. The summed E-state index contributed by atoms with van der Waals surface area (Å²) in [5, 5.41) is 0. The average molecular weight is 264 g/mol. The standard InChI is InChI=1S/C15H24N2O2/c1-3-19-15-9-13(16)8-14(10-15)17(2)6-7-18-11-12-4-5-12/h8-10,12H,3-7,11,16H2,1-2H3. The molecule has 1 aromatic rings. The van der Waals surface area contributed by atoms with Crippen LogP contribution in [-0.4, -0.2) is 33.4 Å². The number of anilines is 2. The van der Waals surface area contributed by atoms with Crippen molar-refractivity contribution in [2.45, 2.75) is 19.8 Å². The second-order valence-corrected chi connectivity index (χ2v) is 5.13. The molecule has 4 heteroatoms. The highest BCUT2D eigenvalue weighted by atomic mass is 16.5. The van der Waals surface area contributed by atoms with Crippen molar-refractivity contribution in [2.75, 3.05) is 44.0 Å². The number of rotatable bonds is 8. The van der Waals surface area contributed by atoms with Crippen molar-refractivity contribution >= 4 is 11.4 Å². The molecule has 1 aliphatic carbocycles. The first kappa shape index (κ1) is 14.0. The zero-order valence-corrected chi connectivity index (χ0v) is 11.9. The number of nitrogens with two attached hydrogens (primary N) is 1. The Morgan fingerprint density at radius 2 is 2.11 bits per heavy atom. The molecule has 0 aromatic heterocycles. The van der Waals surface area contributed by atoms with E-state index in [1.54, 1.807) is 0 Å². The van der Waals surface area contributed by atoms with Crippen LogP contribution < -0.4 is 15.4 Å². The van der Waals surface area contributed by atoms with Crippen molar-refractivity contribution in [3.05, 3.63) is 18.2 Å². The molecule has 4 nitrogen and oxygen atoms in total. The number of nitrogens with zero attached hydrogens (tertiary/aromatic N) is 1. The SMILES string of the molecule is CCOc1cc(N)cc(N(C)CCOCC2CC2)c1. The fourth-order valence-corrected chi connectivity index (χ4v) is 1.94. The molecule has 1 saturated carbocycles. The summed E-state index contributed by atoms with van der Waals surface area (Å²) < 4.78 is 11.2. The van der Waals surface area contributed by atoms with Gasteiger partial charge in [0, 0.05) is 43.7 Å². The number of hydrogen-bond donors (Lipinski definition) is 1. The third-order valence-corrected chi connectivity index (χ3v) is 3.29. The number of ether oxygens (including phenoxy) is 2. The molecule has 0 spiro atoms. The van der Waals surface area contributed by atoms with Crippen molar-refractivity contribution in [3.8, 4) is 5.75 Å². The van der Waals surface area contributed by atoms with E-state index in [-0.39, 0.29) is 0 Å². The molecule has 2 N–H and O–H groups in total. The first-order chi connectivity index (χ1) is 9.19. The Kier molecular flexibility index (Phi) is 4.91. The van der Waals surface area contributed by atoms with Gasteiger partial charge in [0.25, 0.3) is 0 Å². The van der Waals surface area contributed by atoms with Crippen LogP contribution in [0.5, 0.6) is 5.75 Å². The molecule has 0 atom stereocenters. The lowest BCUT2D eigenvalue weighted by Gasteiger charge is -2.20. The highest BCUT2D eigenvalue weighted by Crippen LogP contribution is 2.29. The normalized spacial score (nSPS) is 14.4. The topological polar surface area (TPSA) is 47.7 Å². The van der Waals surface area contributed by atoms with Gasteiger partial charge in [0.15, 0.2) is 0 Å². The van der Waals surface area contributed by atoms with E-state index in [0.717, 1.165) is 42.8 Å². The fraction of sp³-hybridized carbons (Fsp3) is 0.600. The van der Waals surface area contributed by atoms with Gasteiger partial charge in [0.1, 0.15) is 5.75 Å². The Bertz CT molecular complexity index is 405. The lowest BCUT2D eigenvalue weighted by Crippen LogP contribution is -2.23. The molecule has 1 fully saturated rings. The molecule has 0 amide bonds. The van der Waals surface area contributed by atoms with E-state index in [1.165, 1.54) is 12.8 Å². The molecule has 106 valence electrons. The minimum atomic E-state index is 0.650. The largest absolute Gasteiger partial charge is 0.494 e. The second kappa shape index (κ2) is 6.66. The predicted molar refractivity (Wildman–Crippen MR) is 78.8 cm³/mol. The van der Waals surface area contributed by atoms with Crippen LogP contribution >= 0.6 is 0 Å². The summed E-state index contributed by atoms with van der Waals surface area (Å²) >= 11 is 0. The summed E-state index contributed by atoms with van der Waals surface area (Å²) in [6.45, 7) is 5.15. The molecule has 0 heterocycles. The Morgan fingerprint density at radius 1 is 1.32 bits per heavy atom. The second-order valence-electron chi connectivity index (χ2n) is 5.13. The Morgan fingerprint density at radius 3 is 2.79 bits per heavy atom. The molecule has 0 saturated heterocycles. The monoisotopic (exact) mass is 264 g/mol. The van der Waals surface area contributed by atoms with Crippen LogP contribution in [0.1, 0.15) is 19.8 Å². The highest BCUT2D eigenvalue weighted by Gasteiger charge is 2.20. The number of hydrogen-bond acceptors (Lipinski definition) is 4. The zero-order chi connectivity index (χ0) is 13.7.